The van der Waals surface area contributed by atoms with Crippen molar-refractivity contribution in [2.75, 3.05) is 18.4 Å². The molecule has 11 N–H and O–H groups in total. The Bertz CT molecular complexity index is 1070. The van der Waals surface area contributed by atoms with Gasteiger partial charge in [0.05, 0.1) is 25.2 Å². The zero-order chi connectivity index (χ0) is 31.3. The number of nitrogens with two attached hydrogens (primary N) is 3. The van der Waals surface area contributed by atoms with Crippen LogP contribution < -0.4 is 33.2 Å². The van der Waals surface area contributed by atoms with Crippen LogP contribution in [0.15, 0.2) is 15.6 Å². The summed E-state index contributed by atoms with van der Waals surface area (Å²) in [6.07, 6.45) is -9.70. The van der Waals surface area contributed by atoms with E-state index in [0.29, 0.717) is 12.6 Å². The molecule has 0 aliphatic carbocycles. The lowest BCUT2D eigenvalue weighted by Gasteiger charge is -2.15. The second kappa shape index (κ2) is 15.7. The minimum atomic E-state index is -5.19. The lowest BCUT2D eigenvalue weighted by Crippen LogP contribution is -2.45. The number of aliphatic imine (C=N–C) groups is 1. The highest BCUT2D eigenvalue weighted by molar-refractivity contribution is 5.93. The smallest absolute Gasteiger partial charge is 0.481 e. The van der Waals surface area contributed by atoms with Gasteiger partial charge in [-0.25, -0.2) is 9.78 Å². The van der Waals surface area contributed by atoms with Crippen LogP contribution in [0.1, 0.15) is 31.2 Å². The molecule has 0 saturated carbocycles. The van der Waals surface area contributed by atoms with Gasteiger partial charge in [-0.15, -0.1) is 0 Å². The van der Waals surface area contributed by atoms with Crippen molar-refractivity contribution < 1.29 is 64.9 Å². The molecule has 0 unspecified atom stereocenters. The molecule has 40 heavy (non-hydrogen) atoms. The van der Waals surface area contributed by atoms with E-state index >= 15 is 0 Å². The van der Waals surface area contributed by atoms with E-state index in [4.69, 9.17) is 36.6 Å². The summed E-state index contributed by atoms with van der Waals surface area (Å²) in [6.45, 7) is -0.336. The molecule has 0 saturated heterocycles. The Morgan fingerprint density at radius 3 is 2.10 bits per heavy atom. The fraction of sp³-hybridized carbons (Fsp3) is 0.500. The SMILES string of the molecule is NC(N)=NCCC[C@H](N)C(=O)NCC(=O)N[C@@H](CC(=O)O)c1ncc(NC(=O)C(F)(F)F)o1.O=C(O)C(F)(F)F. The number of halogens is 6. The Morgan fingerprint density at radius 2 is 1.62 bits per heavy atom. The zero-order valence-electron chi connectivity index (χ0n) is 20.0. The van der Waals surface area contributed by atoms with Gasteiger partial charge in [0.25, 0.3) is 0 Å². The van der Waals surface area contributed by atoms with E-state index in [2.05, 4.69) is 20.6 Å². The van der Waals surface area contributed by atoms with E-state index in [1.54, 1.807) is 0 Å². The van der Waals surface area contributed by atoms with Gasteiger partial charge >= 0.3 is 30.2 Å². The number of alkyl halides is 6. The Morgan fingerprint density at radius 1 is 1.05 bits per heavy atom. The molecule has 0 fully saturated rings. The summed E-state index contributed by atoms with van der Waals surface area (Å²) in [5, 5.41) is 22.0. The number of carboxylic acid groups (broad SMARTS) is 2. The maximum atomic E-state index is 12.3. The van der Waals surface area contributed by atoms with E-state index in [9.17, 15) is 45.5 Å². The molecule has 0 spiro atoms. The first kappa shape index (κ1) is 35.4. The quantitative estimate of drug-likeness (QED) is 0.0622. The molecular weight excluding hydrogens is 570 g/mol. The number of hydrogen-bond acceptors (Lipinski definition) is 9. The van der Waals surface area contributed by atoms with Crippen molar-refractivity contribution in [3.05, 3.63) is 12.1 Å². The Hall–Kier alpha value is -4.63. The molecule has 0 aliphatic rings. The van der Waals surface area contributed by atoms with Crippen LogP contribution in [0, 0.1) is 0 Å². The van der Waals surface area contributed by atoms with Crippen LogP contribution in [0.25, 0.3) is 0 Å². The third kappa shape index (κ3) is 14.9. The molecule has 2 atom stereocenters. The molecule has 226 valence electrons. The first-order valence-corrected chi connectivity index (χ1v) is 10.5. The van der Waals surface area contributed by atoms with Gasteiger partial charge in [0.15, 0.2) is 5.96 Å². The van der Waals surface area contributed by atoms with Crippen molar-refractivity contribution in [1.29, 1.82) is 0 Å². The maximum Gasteiger partial charge on any atom is 0.490 e. The first-order chi connectivity index (χ1) is 18.2. The Labute approximate surface area is 219 Å². The van der Waals surface area contributed by atoms with Gasteiger partial charge in [-0.1, -0.05) is 0 Å². The number of amides is 3. The second-order valence-electron chi connectivity index (χ2n) is 7.31. The second-order valence-corrected chi connectivity index (χ2v) is 7.31. The number of carbonyl (C=O) groups is 5. The van der Waals surface area contributed by atoms with E-state index in [0.717, 1.165) is 0 Å². The third-order valence-corrected chi connectivity index (χ3v) is 4.00. The Kier molecular flexibility index (Phi) is 13.9. The van der Waals surface area contributed by atoms with Crippen LogP contribution in [0.3, 0.4) is 0 Å². The van der Waals surface area contributed by atoms with Gasteiger partial charge in [-0.05, 0) is 12.8 Å². The van der Waals surface area contributed by atoms with E-state index < -0.39 is 78.8 Å². The van der Waals surface area contributed by atoms with Crippen LogP contribution in [0.4, 0.5) is 32.2 Å². The number of carboxylic acids is 2. The van der Waals surface area contributed by atoms with Gasteiger partial charge in [0, 0.05) is 6.54 Å². The normalized spacial score (nSPS) is 12.6. The molecule has 1 rings (SSSR count). The van der Waals surface area contributed by atoms with Crippen LogP contribution in [0.2, 0.25) is 0 Å². The monoisotopic (exact) mass is 594 g/mol. The van der Waals surface area contributed by atoms with Crippen molar-refractivity contribution in [3.63, 3.8) is 0 Å². The van der Waals surface area contributed by atoms with Crippen molar-refractivity contribution in [3.8, 4) is 0 Å². The molecule has 0 bridgehead atoms. The highest BCUT2D eigenvalue weighted by atomic mass is 19.4. The number of rotatable bonds is 12. The predicted octanol–water partition coefficient (Wildman–Crippen LogP) is -1.06. The lowest BCUT2D eigenvalue weighted by atomic mass is 10.1. The van der Waals surface area contributed by atoms with Crippen LogP contribution in [0.5, 0.6) is 0 Å². The van der Waals surface area contributed by atoms with E-state index in [1.165, 1.54) is 5.32 Å². The lowest BCUT2D eigenvalue weighted by molar-refractivity contribution is -0.192. The highest BCUT2D eigenvalue weighted by Gasteiger charge is 2.39. The first-order valence-electron chi connectivity index (χ1n) is 10.5. The fourth-order valence-corrected chi connectivity index (χ4v) is 2.26. The number of hydrogen-bond donors (Lipinski definition) is 8. The summed E-state index contributed by atoms with van der Waals surface area (Å²) in [5.74, 6) is -9.32. The summed E-state index contributed by atoms with van der Waals surface area (Å²) in [5.41, 5.74) is 16.0. The summed E-state index contributed by atoms with van der Waals surface area (Å²) < 4.78 is 73.5. The van der Waals surface area contributed by atoms with Gasteiger partial charge in [0.1, 0.15) is 6.04 Å². The molecule has 16 nitrogen and oxygen atoms in total. The van der Waals surface area contributed by atoms with Gasteiger partial charge in [0.2, 0.25) is 23.6 Å². The Balaban J connectivity index is 0.00000191. The molecule has 1 aromatic heterocycles. The summed E-state index contributed by atoms with van der Waals surface area (Å²) in [4.78, 5) is 62.2. The standard InChI is InChI=1S/C16H23F3N8O6.C2HF3O2/c17-16(18,19)14(32)27-10-6-25-13(33-10)8(4-11(29)30)26-9(28)5-24-12(31)7(20)2-1-3-23-15(21)22;3-2(4,5)1(6)7/h6-8H,1-5,20H2,(H,24,31)(H,26,28)(H,27,32)(H,29,30)(H4,21,22,23);(H,6,7)/t7-,8-;/m0./s1. The summed E-state index contributed by atoms with van der Waals surface area (Å²) >= 11 is 0. The fourth-order valence-electron chi connectivity index (χ4n) is 2.26. The number of nitrogens with zero attached hydrogens (tertiary/aromatic N) is 2. The zero-order valence-corrected chi connectivity index (χ0v) is 20.0. The predicted molar refractivity (Wildman–Crippen MR) is 119 cm³/mol. The maximum absolute atomic E-state index is 12.3. The van der Waals surface area contributed by atoms with Crippen molar-refractivity contribution >= 4 is 41.5 Å². The molecule has 0 radical (unpaired) electrons. The molecule has 1 aromatic rings. The highest BCUT2D eigenvalue weighted by Crippen LogP contribution is 2.22. The van der Waals surface area contributed by atoms with Crippen molar-refractivity contribution in [2.24, 2.45) is 22.2 Å². The minimum absolute atomic E-state index is 0.110. The number of carbonyl (C=O) groups excluding carboxylic acids is 3. The molecule has 22 heteroatoms. The van der Waals surface area contributed by atoms with E-state index in [-0.39, 0.29) is 18.9 Å². The van der Waals surface area contributed by atoms with Crippen molar-refractivity contribution in [2.45, 2.75) is 43.7 Å². The largest absolute Gasteiger partial charge is 0.490 e. The minimum Gasteiger partial charge on any atom is -0.481 e. The number of aliphatic carboxylic acids is 2. The number of nitrogens with one attached hydrogen (secondary N) is 3. The third-order valence-electron chi connectivity index (χ3n) is 4.00. The van der Waals surface area contributed by atoms with Gasteiger partial charge < -0.3 is 42.5 Å². The molecular formula is C18H24F6N8O8. The van der Waals surface area contributed by atoms with Gasteiger partial charge in [-0.3, -0.25) is 29.5 Å². The number of anilines is 1. The molecule has 3 amide bonds. The summed E-state index contributed by atoms with van der Waals surface area (Å²) in [7, 11) is 0. The van der Waals surface area contributed by atoms with E-state index in [1.807, 2.05) is 0 Å². The van der Waals surface area contributed by atoms with Crippen LogP contribution >= 0.6 is 0 Å². The molecule has 0 aromatic carbocycles. The molecule has 0 aliphatic heterocycles. The number of oxazole rings is 1. The van der Waals surface area contributed by atoms with Crippen LogP contribution in [-0.4, -0.2) is 82.3 Å². The number of aromatic nitrogens is 1. The molecule has 1 heterocycles. The number of guanidine groups is 1. The average Bonchev–Trinajstić information content (AvgIpc) is 3.27. The van der Waals surface area contributed by atoms with Crippen molar-refractivity contribution in [1.82, 2.24) is 15.6 Å². The summed E-state index contributed by atoms with van der Waals surface area (Å²) in [6, 6.07) is -2.37. The van der Waals surface area contributed by atoms with Gasteiger partial charge in [-0.2, -0.15) is 26.3 Å². The van der Waals surface area contributed by atoms with Crippen LogP contribution in [-0.2, 0) is 24.0 Å². The average molecular weight is 594 g/mol. The topological polar surface area (TPSA) is 278 Å².